The average Bonchev–Trinajstić information content (AvgIpc) is 3.28. The highest BCUT2D eigenvalue weighted by atomic mass is 35.5. The summed E-state index contributed by atoms with van der Waals surface area (Å²) >= 11 is 6.42. The molecule has 0 spiro atoms. The van der Waals surface area contributed by atoms with Crippen molar-refractivity contribution in [3.05, 3.63) is 64.7 Å². The number of hydrogen-bond donors (Lipinski definition) is 2. The number of carboxylic acid groups (broad SMARTS) is 1. The minimum absolute atomic E-state index is 0.115. The van der Waals surface area contributed by atoms with Gasteiger partial charge < -0.3 is 15.2 Å². The Kier molecular flexibility index (Phi) is 7.62. The molecule has 33 heavy (non-hydrogen) atoms. The van der Waals surface area contributed by atoms with Gasteiger partial charge >= 0.3 is 5.97 Å². The number of nitrogens with zero attached hydrogens (tertiary/aromatic N) is 1. The second-order valence-electron chi connectivity index (χ2n) is 9.95. The number of nitrogens with one attached hydrogen (secondary N) is 1. The maximum absolute atomic E-state index is 11.1. The van der Waals surface area contributed by atoms with E-state index in [1.165, 1.54) is 24.0 Å². The Labute approximate surface area is 202 Å². The zero-order valence-corrected chi connectivity index (χ0v) is 20.4. The first-order chi connectivity index (χ1) is 15.9. The van der Waals surface area contributed by atoms with Gasteiger partial charge in [0.2, 0.25) is 0 Å². The van der Waals surface area contributed by atoms with Gasteiger partial charge in [0.25, 0.3) is 0 Å². The summed E-state index contributed by atoms with van der Waals surface area (Å²) in [5.41, 5.74) is 2.75. The number of aliphatic carboxylic acids is 1. The summed E-state index contributed by atoms with van der Waals surface area (Å²) in [7, 11) is 4.40. The van der Waals surface area contributed by atoms with Gasteiger partial charge in [-0.1, -0.05) is 41.9 Å². The first-order valence-corrected chi connectivity index (χ1v) is 12.3. The Balaban J connectivity index is 1.35. The molecule has 2 aromatic carbocycles. The van der Waals surface area contributed by atoms with E-state index in [1.54, 1.807) is 0 Å². The lowest BCUT2D eigenvalue weighted by Gasteiger charge is -2.45. The third-order valence-corrected chi connectivity index (χ3v) is 7.78. The Morgan fingerprint density at radius 2 is 1.88 bits per heavy atom. The lowest BCUT2D eigenvalue weighted by atomic mass is 9.70. The third kappa shape index (κ3) is 5.71. The van der Waals surface area contributed by atoms with Crippen molar-refractivity contribution in [2.75, 3.05) is 27.2 Å². The van der Waals surface area contributed by atoms with Crippen molar-refractivity contribution in [2.45, 2.75) is 50.1 Å². The van der Waals surface area contributed by atoms with Gasteiger partial charge in [0.15, 0.2) is 0 Å². The van der Waals surface area contributed by atoms with Crippen LogP contribution in [0.15, 0.2) is 48.5 Å². The summed E-state index contributed by atoms with van der Waals surface area (Å²) in [6.07, 6.45) is 6.26. The molecule has 2 aromatic rings. The Morgan fingerprint density at radius 3 is 2.52 bits per heavy atom. The molecule has 0 radical (unpaired) electrons. The highest BCUT2D eigenvalue weighted by Crippen LogP contribution is 2.44. The smallest absolute Gasteiger partial charge is 0.320 e. The molecule has 6 heteroatoms. The molecule has 1 unspecified atom stereocenters. The standard InChI is InChI=1S/C27H35ClN2O3/c1-30(2)27(22-6-4-3-5-7-22)10-8-19(9-11-27)12-20-13-23(28)16-24(14-20)33-18-21-15-25(26(31)32)29-17-21/h3-7,13-14,16,19,21,25,29H,8-12,15,17-18H2,1-2H3,(H,31,32)/t19?,21?,25-,27?/m0/s1. The van der Waals surface area contributed by atoms with Crippen LogP contribution >= 0.6 is 11.6 Å². The fourth-order valence-electron chi connectivity index (χ4n) is 5.60. The van der Waals surface area contributed by atoms with E-state index in [1.807, 2.05) is 6.07 Å². The summed E-state index contributed by atoms with van der Waals surface area (Å²) in [6, 6.07) is 16.4. The van der Waals surface area contributed by atoms with Crippen LogP contribution in [0.2, 0.25) is 5.02 Å². The third-order valence-electron chi connectivity index (χ3n) is 7.56. The Hall–Kier alpha value is -2.08. The molecule has 2 N–H and O–H groups in total. The van der Waals surface area contributed by atoms with Gasteiger partial charge in [-0.25, -0.2) is 0 Å². The van der Waals surface area contributed by atoms with Crippen LogP contribution in [0.4, 0.5) is 0 Å². The van der Waals surface area contributed by atoms with E-state index in [0.29, 0.717) is 30.5 Å². The molecule has 0 amide bonds. The van der Waals surface area contributed by atoms with E-state index in [-0.39, 0.29) is 11.5 Å². The van der Waals surface area contributed by atoms with E-state index in [0.717, 1.165) is 25.0 Å². The molecule has 1 heterocycles. The van der Waals surface area contributed by atoms with E-state index in [4.69, 9.17) is 21.4 Å². The lowest BCUT2D eigenvalue weighted by molar-refractivity contribution is -0.139. The number of carbonyl (C=O) groups is 1. The molecular formula is C27H35ClN2O3. The van der Waals surface area contributed by atoms with Crippen LogP contribution < -0.4 is 10.1 Å². The van der Waals surface area contributed by atoms with Crippen LogP contribution in [0.3, 0.4) is 0 Å². The molecular weight excluding hydrogens is 436 g/mol. The maximum Gasteiger partial charge on any atom is 0.320 e. The second kappa shape index (κ2) is 10.5. The molecule has 2 atom stereocenters. The minimum atomic E-state index is -0.791. The zero-order valence-electron chi connectivity index (χ0n) is 19.6. The predicted octanol–water partition coefficient (Wildman–Crippen LogP) is 4.97. The van der Waals surface area contributed by atoms with Crippen molar-refractivity contribution in [3.63, 3.8) is 0 Å². The van der Waals surface area contributed by atoms with E-state index in [9.17, 15) is 4.79 Å². The van der Waals surface area contributed by atoms with E-state index >= 15 is 0 Å². The normalized spacial score (nSPS) is 27.6. The first kappa shape index (κ1) is 24.1. The molecule has 2 fully saturated rings. The molecule has 0 aromatic heterocycles. The number of benzene rings is 2. The molecule has 1 saturated carbocycles. The monoisotopic (exact) mass is 470 g/mol. The van der Waals surface area contributed by atoms with Gasteiger partial charge in [0.05, 0.1) is 6.61 Å². The van der Waals surface area contributed by atoms with Gasteiger partial charge in [-0.15, -0.1) is 0 Å². The van der Waals surface area contributed by atoms with E-state index < -0.39 is 12.0 Å². The highest BCUT2D eigenvalue weighted by molar-refractivity contribution is 6.30. The second-order valence-corrected chi connectivity index (χ2v) is 10.4. The van der Waals surface area contributed by atoms with Crippen LogP contribution in [0.5, 0.6) is 5.75 Å². The van der Waals surface area contributed by atoms with Gasteiger partial charge in [-0.2, -0.15) is 0 Å². The Morgan fingerprint density at radius 1 is 1.15 bits per heavy atom. The summed E-state index contributed by atoms with van der Waals surface area (Å²) in [6.45, 7) is 1.17. The van der Waals surface area contributed by atoms with Crippen molar-refractivity contribution < 1.29 is 14.6 Å². The quantitative estimate of drug-likeness (QED) is 0.570. The van der Waals surface area contributed by atoms with Crippen LogP contribution in [-0.2, 0) is 16.8 Å². The summed E-state index contributed by atoms with van der Waals surface area (Å²) < 4.78 is 6.03. The topological polar surface area (TPSA) is 61.8 Å². The first-order valence-electron chi connectivity index (χ1n) is 12.0. The molecule has 1 saturated heterocycles. The number of hydrogen-bond acceptors (Lipinski definition) is 4. The molecule has 1 aliphatic heterocycles. The molecule has 1 aliphatic carbocycles. The lowest BCUT2D eigenvalue weighted by Crippen LogP contribution is -2.44. The molecule has 4 rings (SSSR count). The summed E-state index contributed by atoms with van der Waals surface area (Å²) in [4.78, 5) is 13.5. The zero-order chi connectivity index (χ0) is 23.4. The fourth-order valence-corrected chi connectivity index (χ4v) is 5.84. The van der Waals surface area contributed by atoms with Crippen LogP contribution in [0, 0.1) is 11.8 Å². The highest BCUT2D eigenvalue weighted by Gasteiger charge is 2.38. The van der Waals surface area contributed by atoms with Crippen molar-refractivity contribution >= 4 is 17.6 Å². The van der Waals surface area contributed by atoms with Crippen molar-refractivity contribution in [1.82, 2.24) is 10.2 Å². The number of halogens is 1. The largest absolute Gasteiger partial charge is 0.493 e. The van der Waals surface area contributed by atoms with Gasteiger partial charge in [-0.05, 0) is 87.9 Å². The van der Waals surface area contributed by atoms with Gasteiger partial charge in [-0.3, -0.25) is 9.69 Å². The van der Waals surface area contributed by atoms with Crippen molar-refractivity contribution in [1.29, 1.82) is 0 Å². The maximum atomic E-state index is 11.1. The van der Waals surface area contributed by atoms with Crippen molar-refractivity contribution in [3.8, 4) is 5.75 Å². The fraction of sp³-hybridized carbons (Fsp3) is 0.519. The molecule has 5 nitrogen and oxygen atoms in total. The SMILES string of the molecule is CN(C)C1(c2ccccc2)CCC(Cc2cc(Cl)cc(OCC3CN[C@H](C(=O)O)C3)c2)CC1. The Bertz CT molecular complexity index is 942. The number of ether oxygens (including phenoxy) is 1. The number of rotatable bonds is 8. The predicted molar refractivity (Wildman–Crippen MR) is 132 cm³/mol. The van der Waals surface area contributed by atoms with Crippen LogP contribution in [0.1, 0.15) is 43.2 Å². The van der Waals surface area contributed by atoms with Gasteiger partial charge in [0.1, 0.15) is 11.8 Å². The number of carboxylic acids is 1. The molecule has 2 aliphatic rings. The van der Waals surface area contributed by atoms with Gasteiger partial charge in [0, 0.05) is 23.0 Å². The minimum Gasteiger partial charge on any atom is -0.493 e. The van der Waals surface area contributed by atoms with E-state index in [2.05, 4.69) is 66.8 Å². The molecule has 0 bridgehead atoms. The van der Waals surface area contributed by atoms with Crippen molar-refractivity contribution in [2.24, 2.45) is 11.8 Å². The van der Waals surface area contributed by atoms with Crippen LogP contribution in [-0.4, -0.2) is 49.3 Å². The summed E-state index contributed by atoms with van der Waals surface area (Å²) in [5.74, 6) is 0.812. The summed E-state index contributed by atoms with van der Waals surface area (Å²) in [5, 5.41) is 12.9. The average molecular weight is 471 g/mol. The van der Waals surface area contributed by atoms with Crippen LogP contribution in [0.25, 0.3) is 0 Å². The molecule has 178 valence electrons.